The number of fused-ring (bicyclic) bond motifs is 1. The maximum absolute atomic E-state index is 12.6. The number of nitrogens with zero attached hydrogens (tertiary/aromatic N) is 4. The first-order valence-electron chi connectivity index (χ1n) is 9.59. The van der Waals surface area contributed by atoms with Gasteiger partial charge in [-0.25, -0.2) is 9.31 Å². The van der Waals surface area contributed by atoms with E-state index < -0.39 is 0 Å². The van der Waals surface area contributed by atoms with E-state index in [9.17, 15) is 4.79 Å². The first-order chi connectivity index (χ1) is 14.1. The van der Waals surface area contributed by atoms with Crippen LogP contribution in [0.25, 0.3) is 5.52 Å². The van der Waals surface area contributed by atoms with Crippen molar-refractivity contribution in [1.29, 1.82) is 0 Å². The number of pyridine rings is 1. The van der Waals surface area contributed by atoms with Gasteiger partial charge in [-0.1, -0.05) is 6.07 Å². The third kappa shape index (κ3) is 4.43. The predicted molar refractivity (Wildman–Crippen MR) is 111 cm³/mol. The molecule has 0 bridgehead atoms. The fourth-order valence-corrected chi connectivity index (χ4v) is 3.49. The normalized spacial score (nSPS) is 14.8. The molecule has 3 heterocycles. The Morgan fingerprint density at radius 1 is 1.03 bits per heavy atom. The number of amides is 2. The molecule has 2 aromatic heterocycles. The molecule has 2 amide bonds. The number of hydrogen-bond donors (Lipinski definition) is 1. The third-order valence-electron chi connectivity index (χ3n) is 5.07. The molecule has 1 saturated heterocycles. The minimum Gasteiger partial charge on any atom is -0.497 e. The van der Waals surface area contributed by atoms with Crippen LogP contribution in [0.15, 0.2) is 48.7 Å². The second-order valence-electron chi connectivity index (χ2n) is 7.00. The molecular weight excluding hydrogens is 370 g/mol. The van der Waals surface area contributed by atoms with E-state index >= 15 is 0 Å². The van der Waals surface area contributed by atoms with Gasteiger partial charge in [0.25, 0.3) is 0 Å². The van der Waals surface area contributed by atoms with Crippen molar-refractivity contribution in [3.8, 4) is 11.5 Å². The molecule has 1 aliphatic rings. The summed E-state index contributed by atoms with van der Waals surface area (Å²) in [5.74, 6) is 1.27. The van der Waals surface area contributed by atoms with Crippen molar-refractivity contribution < 1.29 is 14.3 Å². The van der Waals surface area contributed by atoms with Crippen LogP contribution < -0.4 is 14.8 Å². The molecule has 152 valence electrons. The number of aromatic nitrogens is 2. The van der Waals surface area contributed by atoms with Crippen molar-refractivity contribution >= 4 is 17.2 Å². The predicted octanol–water partition coefficient (Wildman–Crippen LogP) is 2.70. The van der Waals surface area contributed by atoms with Gasteiger partial charge in [-0.3, -0.25) is 4.90 Å². The zero-order chi connectivity index (χ0) is 20.2. The number of urea groups is 1. The van der Waals surface area contributed by atoms with Gasteiger partial charge >= 0.3 is 6.03 Å². The minimum absolute atomic E-state index is 0.118. The van der Waals surface area contributed by atoms with Crippen LogP contribution in [-0.2, 0) is 6.54 Å². The number of piperazine rings is 1. The summed E-state index contributed by atoms with van der Waals surface area (Å²) in [6.07, 6.45) is 1.95. The van der Waals surface area contributed by atoms with E-state index in [0.29, 0.717) is 30.3 Å². The number of carbonyl (C=O) groups excluding carboxylic acids is 1. The van der Waals surface area contributed by atoms with Crippen molar-refractivity contribution in [1.82, 2.24) is 19.4 Å². The topological polar surface area (TPSA) is 71.3 Å². The molecule has 1 aromatic carbocycles. The quantitative estimate of drug-likeness (QED) is 0.719. The monoisotopic (exact) mass is 395 g/mol. The Morgan fingerprint density at radius 3 is 2.41 bits per heavy atom. The minimum atomic E-state index is -0.118. The molecule has 1 N–H and O–H groups in total. The molecule has 0 saturated carbocycles. The Labute approximate surface area is 169 Å². The van der Waals surface area contributed by atoms with Gasteiger partial charge in [0, 0.05) is 62.8 Å². The van der Waals surface area contributed by atoms with E-state index in [4.69, 9.17) is 9.47 Å². The molecule has 1 fully saturated rings. The molecular formula is C21H25N5O3. The van der Waals surface area contributed by atoms with Crippen LogP contribution in [0.2, 0.25) is 0 Å². The average molecular weight is 395 g/mol. The highest BCUT2D eigenvalue weighted by atomic mass is 16.5. The summed E-state index contributed by atoms with van der Waals surface area (Å²) >= 11 is 0. The first kappa shape index (κ1) is 19.1. The van der Waals surface area contributed by atoms with E-state index in [-0.39, 0.29) is 6.03 Å². The number of ether oxygens (including phenoxy) is 2. The number of anilines is 1. The van der Waals surface area contributed by atoms with Gasteiger partial charge in [-0.2, -0.15) is 5.10 Å². The molecule has 3 aromatic rings. The smallest absolute Gasteiger partial charge is 0.321 e. The van der Waals surface area contributed by atoms with E-state index in [2.05, 4.69) is 21.4 Å². The summed E-state index contributed by atoms with van der Waals surface area (Å²) in [7, 11) is 3.17. The lowest BCUT2D eigenvalue weighted by Gasteiger charge is -2.34. The highest BCUT2D eigenvalue weighted by Crippen LogP contribution is 2.26. The van der Waals surface area contributed by atoms with Gasteiger partial charge in [-0.05, 0) is 18.2 Å². The lowest BCUT2D eigenvalue weighted by atomic mass is 10.2. The van der Waals surface area contributed by atoms with Crippen molar-refractivity contribution in [3.63, 3.8) is 0 Å². The molecule has 29 heavy (non-hydrogen) atoms. The maximum atomic E-state index is 12.6. The van der Waals surface area contributed by atoms with Crippen LogP contribution in [0.3, 0.4) is 0 Å². The van der Waals surface area contributed by atoms with Crippen LogP contribution in [0.5, 0.6) is 11.5 Å². The number of methoxy groups -OCH3 is 2. The molecule has 0 atom stereocenters. The lowest BCUT2D eigenvalue weighted by Crippen LogP contribution is -2.49. The summed E-state index contributed by atoms with van der Waals surface area (Å²) in [5.41, 5.74) is 2.78. The van der Waals surface area contributed by atoms with Gasteiger partial charge in [0.15, 0.2) is 0 Å². The molecule has 0 aliphatic carbocycles. The van der Waals surface area contributed by atoms with Crippen LogP contribution in [0.4, 0.5) is 10.5 Å². The van der Waals surface area contributed by atoms with E-state index in [1.165, 1.54) is 0 Å². The fourth-order valence-electron chi connectivity index (χ4n) is 3.49. The second-order valence-corrected chi connectivity index (χ2v) is 7.00. The van der Waals surface area contributed by atoms with Crippen LogP contribution in [0, 0.1) is 0 Å². The molecule has 0 radical (unpaired) electrons. The van der Waals surface area contributed by atoms with E-state index in [1.54, 1.807) is 32.4 Å². The summed E-state index contributed by atoms with van der Waals surface area (Å²) in [5, 5.41) is 7.54. The van der Waals surface area contributed by atoms with Crippen LogP contribution in [-0.4, -0.2) is 65.8 Å². The summed E-state index contributed by atoms with van der Waals surface area (Å²) in [6, 6.07) is 13.3. The number of benzene rings is 1. The third-order valence-corrected chi connectivity index (χ3v) is 5.07. The fraction of sp³-hybridized carbons (Fsp3) is 0.333. The van der Waals surface area contributed by atoms with Crippen LogP contribution >= 0.6 is 0 Å². The average Bonchev–Trinajstić information content (AvgIpc) is 3.16. The number of carbonyl (C=O) groups is 1. The summed E-state index contributed by atoms with van der Waals surface area (Å²) < 4.78 is 12.4. The molecule has 8 nitrogen and oxygen atoms in total. The van der Waals surface area contributed by atoms with E-state index in [0.717, 1.165) is 30.8 Å². The SMILES string of the molecule is COc1cc(NC(=O)N2CCN(Cc3cc4ccccn4n3)CC2)cc(OC)c1. The second kappa shape index (κ2) is 8.40. The number of nitrogens with one attached hydrogen (secondary N) is 1. The van der Waals surface area contributed by atoms with Gasteiger partial charge < -0.3 is 19.7 Å². The standard InChI is InChI=1S/C21H25N5O3/c1-28-19-12-16(13-20(14-19)29-2)22-21(27)25-9-7-24(8-10-25)15-17-11-18-5-3-4-6-26(18)23-17/h3-6,11-14H,7-10,15H2,1-2H3,(H,22,27). The molecule has 4 rings (SSSR count). The van der Waals surface area contributed by atoms with Gasteiger partial charge in [0.1, 0.15) is 11.5 Å². The Balaban J connectivity index is 1.32. The van der Waals surface area contributed by atoms with Gasteiger partial charge in [-0.15, -0.1) is 0 Å². The molecule has 8 heteroatoms. The zero-order valence-corrected chi connectivity index (χ0v) is 16.7. The maximum Gasteiger partial charge on any atom is 0.321 e. The van der Waals surface area contributed by atoms with Crippen molar-refractivity contribution in [2.24, 2.45) is 0 Å². The summed E-state index contributed by atoms with van der Waals surface area (Å²) in [4.78, 5) is 16.8. The lowest BCUT2D eigenvalue weighted by molar-refractivity contribution is 0.142. The largest absolute Gasteiger partial charge is 0.497 e. The Kier molecular flexibility index (Phi) is 5.53. The Hall–Kier alpha value is -3.26. The first-order valence-corrected chi connectivity index (χ1v) is 9.59. The number of hydrogen-bond acceptors (Lipinski definition) is 5. The molecule has 0 spiro atoms. The number of rotatable bonds is 5. The van der Waals surface area contributed by atoms with Gasteiger partial charge in [0.2, 0.25) is 0 Å². The molecule has 0 unspecified atom stereocenters. The van der Waals surface area contributed by atoms with Crippen molar-refractivity contribution in [3.05, 3.63) is 54.4 Å². The van der Waals surface area contributed by atoms with E-state index in [1.807, 2.05) is 33.8 Å². The van der Waals surface area contributed by atoms with Crippen LogP contribution in [0.1, 0.15) is 5.69 Å². The highest BCUT2D eigenvalue weighted by Gasteiger charge is 2.22. The van der Waals surface area contributed by atoms with Gasteiger partial charge in [0.05, 0.1) is 25.4 Å². The highest BCUT2D eigenvalue weighted by molar-refractivity contribution is 5.90. The van der Waals surface area contributed by atoms with Crippen molar-refractivity contribution in [2.75, 3.05) is 45.7 Å². The zero-order valence-electron chi connectivity index (χ0n) is 16.7. The van der Waals surface area contributed by atoms with Crippen molar-refractivity contribution in [2.45, 2.75) is 6.54 Å². The summed E-state index contributed by atoms with van der Waals surface area (Å²) in [6.45, 7) is 3.73. The Bertz CT molecular complexity index is 940. The molecule has 1 aliphatic heterocycles. The Morgan fingerprint density at radius 2 is 1.76 bits per heavy atom.